The van der Waals surface area contributed by atoms with Gasteiger partial charge in [-0.05, 0) is 43.0 Å². The molecule has 0 aromatic heterocycles. The van der Waals surface area contributed by atoms with E-state index in [-0.39, 0.29) is 6.04 Å². The van der Waals surface area contributed by atoms with Gasteiger partial charge in [0.1, 0.15) is 5.75 Å². The summed E-state index contributed by atoms with van der Waals surface area (Å²) >= 11 is 0. The summed E-state index contributed by atoms with van der Waals surface area (Å²) in [6.07, 6.45) is 6.84. The lowest BCUT2D eigenvalue weighted by atomic mass is 9.90. The zero-order chi connectivity index (χ0) is 14.9. The minimum absolute atomic E-state index is 0.268. The molecule has 1 aromatic rings. The van der Waals surface area contributed by atoms with Gasteiger partial charge in [-0.1, -0.05) is 38.3 Å². The Kier molecular flexibility index (Phi) is 7.04. The maximum Gasteiger partial charge on any atom is 0.118 e. The van der Waals surface area contributed by atoms with Crippen molar-refractivity contribution < 1.29 is 9.47 Å². The van der Waals surface area contributed by atoms with Crippen LogP contribution in [0.25, 0.3) is 0 Å². The zero-order valence-corrected chi connectivity index (χ0v) is 13.4. The predicted molar refractivity (Wildman–Crippen MR) is 86.8 cm³/mol. The smallest absolute Gasteiger partial charge is 0.118 e. The summed E-state index contributed by atoms with van der Waals surface area (Å²) < 4.78 is 11.2. The van der Waals surface area contributed by atoms with Crippen molar-refractivity contribution in [3.05, 3.63) is 29.8 Å². The first-order chi connectivity index (χ1) is 10.3. The maximum absolute atomic E-state index is 6.01. The average Bonchev–Trinajstić information content (AvgIpc) is 2.55. The summed E-state index contributed by atoms with van der Waals surface area (Å²) in [6.45, 7) is 4.75. The van der Waals surface area contributed by atoms with E-state index in [2.05, 4.69) is 24.4 Å². The lowest BCUT2D eigenvalue weighted by Crippen LogP contribution is -2.26. The maximum atomic E-state index is 6.01. The van der Waals surface area contributed by atoms with E-state index in [1.54, 1.807) is 7.11 Å². The van der Waals surface area contributed by atoms with Gasteiger partial charge in [0.15, 0.2) is 0 Å². The molecular formula is C18H29NO2. The van der Waals surface area contributed by atoms with Crippen LogP contribution in [0.4, 0.5) is 0 Å². The summed E-state index contributed by atoms with van der Waals surface area (Å²) in [5, 5.41) is 3.51. The normalized spacial score (nSPS) is 17.6. The van der Waals surface area contributed by atoms with Gasteiger partial charge in [0.2, 0.25) is 0 Å². The fourth-order valence-electron chi connectivity index (χ4n) is 3.06. The quantitative estimate of drug-likeness (QED) is 0.787. The largest absolute Gasteiger partial charge is 0.497 e. The topological polar surface area (TPSA) is 30.5 Å². The SMILES string of the molecule is CCNC(COCC1CCCCC1)c1ccc(OC)cc1. The molecule has 0 radical (unpaired) electrons. The number of rotatable bonds is 8. The van der Waals surface area contributed by atoms with Crippen molar-refractivity contribution in [3.8, 4) is 5.75 Å². The highest BCUT2D eigenvalue weighted by molar-refractivity contribution is 5.29. The third-order valence-corrected chi connectivity index (χ3v) is 4.33. The zero-order valence-electron chi connectivity index (χ0n) is 13.4. The highest BCUT2D eigenvalue weighted by Crippen LogP contribution is 2.24. The van der Waals surface area contributed by atoms with E-state index in [1.807, 2.05) is 12.1 Å². The Morgan fingerprint density at radius 1 is 1.14 bits per heavy atom. The van der Waals surface area contributed by atoms with Crippen molar-refractivity contribution in [3.63, 3.8) is 0 Å². The predicted octanol–water partition coefficient (Wildman–Crippen LogP) is 3.94. The number of methoxy groups -OCH3 is 1. The van der Waals surface area contributed by atoms with Gasteiger partial charge in [-0.3, -0.25) is 0 Å². The molecule has 1 N–H and O–H groups in total. The Bertz CT molecular complexity index is 385. The first kappa shape index (κ1) is 16.3. The summed E-state index contributed by atoms with van der Waals surface area (Å²) in [7, 11) is 1.70. The van der Waals surface area contributed by atoms with Crippen molar-refractivity contribution >= 4 is 0 Å². The molecule has 1 fully saturated rings. The first-order valence-electron chi connectivity index (χ1n) is 8.28. The molecule has 1 saturated carbocycles. The Balaban J connectivity index is 1.82. The Hall–Kier alpha value is -1.06. The standard InChI is InChI=1S/C18H29NO2/c1-3-19-18(16-9-11-17(20-2)12-10-16)14-21-13-15-7-5-4-6-8-15/h9-12,15,18-19H,3-8,13-14H2,1-2H3. The van der Waals surface area contributed by atoms with E-state index < -0.39 is 0 Å². The van der Waals surface area contributed by atoms with Crippen molar-refractivity contribution in [2.45, 2.75) is 45.1 Å². The van der Waals surface area contributed by atoms with Crippen LogP contribution in [0.3, 0.4) is 0 Å². The van der Waals surface area contributed by atoms with E-state index in [0.29, 0.717) is 0 Å². The van der Waals surface area contributed by atoms with Crippen LogP contribution in [0.1, 0.15) is 50.6 Å². The van der Waals surface area contributed by atoms with Crippen LogP contribution in [0.5, 0.6) is 5.75 Å². The molecule has 1 unspecified atom stereocenters. The summed E-state index contributed by atoms with van der Waals surface area (Å²) in [5.74, 6) is 1.68. The van der Waals surface area contributed by atoms with Crippen LogP contribution in [-0.2, 0) is 4.74 Å². The summed E-state index contributed by atoms with van der Waals surface area (Å²) in [6, 6.07) is 8.54. The van der Waals surface area contributed by atoms with Crippen molar-refractivity contribution in [1.82, 2.24) is 5.32 Å². The molecule has 1 aliphatic rings. The third-order valence-electron chi connectivity index (χ3n) is 4.33. The van der Waals surface area contributed by atoms with Gasteiger partial charge in [0.05, 0.1) is 19.8 Å². The van der Waals surface area contributed by atoms with Crippen LogP contribution in [0.15, 0.2) is 24.3 Å². The fourth-order valence-corrected chi connectivity index (χ4v) is 3.06. The second kappa shape index (κ2) is 9.06. The van der Waals surface area contributed by atoms with Crippen molar-refractivity contribution in [1.29, 1.82) is 0 Å². The second-order valence-corrected chi connectivity index (χ2v) is 5.92. The van der Waals surface area contributed by atoms with Gasteiger partial charge < -0.3 is 14.8 Å². The van der Waals surface area contributed by atoms with Crippen LogP contribution >= 0.6 is 0 Å². The molecule has 0 saturated heterocycles. The molecule has 118 valence electrons. The second-order valence-electron chi connectivity index (χ2n) is 5.92. The van der Waals surface area contributed by atoms with Crippen molar-refractivity contribution in [2.24, 2.45) is 5.92 Å². The molecule has 0 bridgehead atoms. The molecule has 1 aromatic carbocycles. The molecule has 1 atom stereocenters. The molecule has 3 heteroatoms. The molecule has 0 amide bonds. The van der Waals surface area contributed by atoms with Gasteiger partial charge >= 0.3 is 0 Å². The molecule has 3 nitrogen and oxygen atoms in total. The van der Waals surface area contributed by atoms with Gasteiger partial charge in [0, 0.05) is 6.61 Å². The molecule has 21 heavy (non-hydrogen) atoms. The fraction of sp³-hybridized carbons (Fsp3) is 0.667. The van der Waals surface area contributed by atoms with Gasteiger partial charge in [-0.15, -0.1) is 0 Å². The number of hydrogen-bond donors (Lipinski definition) is 1. The van der Waals surface area contributed by atoms with E-state index >= 15 is 0 Å². The third kappa shape index (κ3) is 5.33. The number of ether oxygens (including phenoxy) is 2. The molecule has 0 spiro atoms. The van der Waals surface area contributed by atoms with E-state index in [9.17, 15) is 0 Å². The lowest BCUT2D eigenvalue weighted by molar-refractivity contribution is 0.0696. The minimum atomic E-state index is 0.268. The van der Waals surface area contributed by atoms with Crippen LogP contribution < -0.4 is 10.1 Å². The van der Waals surface area contributed by atoms with Gasteiger partial charge in [0.25, 0.3) is 0 Å². The number of hydrogen-bond acceptors (Lipinski definition) is 3. The Morgan fingerprint density at radius 3 is 2.48 bits per heavy atom. The number of likely N-dealkylation sites (N-methyl/N-ethyl adjacent to an activating group) is 1. The summed E-state index contributed by atoms with van der Waals surface area (Å²) in [4.78, 5) is 0. The molecule has 1 aliphatic carbocycles. The lowest BCUT2D eigenvalue weighted by Gasteiger charge is -2.24. The van der Waals surface area contributed by atoms with E-state index in [0.717, 1.165) is 31.4 Å². The van der Waals surface area contributed by atoms with Crippen LogP contribution in [0, 0.1) is 5.92 Å². The molecular weight excluding hydrogens is 262 g/mol. The Labute approximate surface area is 129 Å². The van der Waals surface area contributed by atoms with Gasteiger partial charge in [-0.2, -0.15) is 0 Å². The van der Waals surface area contributed by atoms with Crippen LogP contribution in [-0.4, -0.2) is 26.9 Å². The monoisotopic (exact) mass is 291 g/mol. The molecule has 2 rings (SSSR count). The van der Waals surface area contributed by atoms with E-state index in [1.165, 1.54) is 37.7 Å². The Morgan fingerprint density at radius 2 is 1.86 bits per heavy atom. The highest BCUT2D eigenvalue weighted by Gasteiger charge is 2.15. The molecule has 0 aliphatic heterocycles. The number of benzene rings is 1. The number of nitrogens with one attached hydrogen (secondary N) is 1. The minimum Gasteiger partial charge on any atom is -0.497 e. The average molecular weight is 291 g/mol. The van der Waals surface area contributed by atoms with E-state index in [4.69, 9.17) is 9.47 Å². The highest BCUT2D eigenvalue weighted by atomic mass is 16.5. The van der Waals surface area contributed by atoms with Crippen molar-refractivity contribution in [2.75, 3.05) is 26.9 Å². The van der Waals surface area contributed by atoms with Crippen LogP contribution in [0.2, 0.25) is 0 Å². The van der Waals surface area contributed by atoms with Gasteiger partial charge in [-0.25, -0.2) is 0 Å². The molecule has 0 heterocycles. The first-order valence-corrected chi connectivity index (χ1v) is 8.28. The summed E-state index contributed by atoms with van der Waals surface area (Å²) in [5.41, 5.74) is 1.27.